The Hall–Kier alpha value is 0.110. The van der Waals surface area contributed by atoms with Crippen LogP contribution >= 0.6 is 7.60 Å². The van der Waals surface area contributed by atoms with Gasteiger partial charge >= 0.3 is 7.60 Å². The molecular weight excluding hydrogens is 287 g/mol. The van der Waals surface area contributed by atoms with Crippen LogP contribution in [0.4, 0.5) is 0 Å². The number of ether oxygens (including phenoxy) is 1. The molecule has 0 aromatic carbocycles. The second kappa shape index (κ2) is 13.8. The summed E-state index contributed by atoms with van der Waals surface area (Å²) in [4.78, 5) is 0. The third-order valence-electron chi connectivity index (χ3n) is 3.53. The molecule has 0 saturated carbocycles. The Morgan fingerprint density at radius 2 is 1.52 bits per heavy atom. The molecule has 4 nitrogen and oxygen atoms in total. The Labute approximate surface area is 131 Å². The zero-order valence-corrected chi connectivity index (χ0v) is 15.3. The molecule has 0 heterocycles. The van der Waals surface area contributed by atoms with Gasteiger partial charge in [0, 0.05) is 13.7 Å². The highest BCUT2D eigenvalue weighted by molar-refractivity contribution is 7.53. The summed E-state index contributed by atoms with van der Waals surface area (Å²) in [6.45, 7) is 8.24. The molecule has 0 aromatic rings. The Morgan fingerprint density at radius 3 is 2.14 bits per heavy atom. The molecule has 0 aliphatic carbocycles. The van der Waals surface area contributed by atoms with Gasteiger partial charge in [-0.1, -0.05) is 40.0 Å². The van der Waals surface area contributed by atoms with Gasteiger partial charge < -0.3 is 13.8 Å². The van der Waals surface area contributed by atoms with Crippen LogP contribution in [0, 0.1) is 5.92 Å². The molecule has 0 spiro atoms. The van der Waals surface area contributed by atoms with Crippen molar-refractivity contribution in [3.63, 3.8) is 0 Å². The molecular formula is C16H35O4P. The van der Waals surface area contributed by atoms with Gasteiger partial charge in [0.1, 0.15) is 0 Å². The zero-order chi connectivity index (χ0) is 16.0. The molecule has 0 aliphatic heterocycles. The molecule has 0 bridgehead atoms. The summed E-state index contributed by atoms with van der Waals surface area (Å²) in [6.07, 6.45) is 7.57. The van der Waals surface area contributed by atoms with Crippen LogP contribution in [-0.4, -0.2) is 33.1 Å². The summed E-state index contributed by atoms with van der Waals surface area (Å²) in [6, 6.07) is 0. The highest BCUT2D eigenvalue weighted by atomic mass is 31.2. The monoisotopic (exact) mass is 322 g/mol. The molecule has 0 amide bonds. The van der Waals surface area contributed by atoms with E-state index in [2.05, 4.69) is 20.8 Å². The minimum atomic E-state index is -2.89. The van der Waals surface area contributed by atoms with E-state index < -0.39 is 7.60 Å². The average molecular weight is 322 g/mol. The highest BCUT2D eigenvalue weighted by Crippen LogP contribution is 2.49. The Kier molecular flexibility index (Phi) is 13.8. The Morgan fingerprint density at radius 1 is 0.905 bits per heavy atom. The fourth-order valence-corrected chi connectivity index (χ4v) is 3.76. The van der Waals surface area contributed by atoms with Crippen molar-refractivity contribution in [2.75, 3.05) is 33.1 Å². The number of rotatable bonds is 15. The van der Waals surface area contributed by atoms with Gasteiger partial charge in [0.15, 0.2) is 0 Å². The van der Waals surface area contributed by atoms with Gasteiger partial charge in [-0.2, -0.15) is 0 Å². The van der Waals surface area contributed by atoms with Gasteiger partial charge in [-0.3, -0.25) is 4.57 Å². The summed E-state index contributed by atoms with van der Waals surface area (Å²) in [5.74, 6) is 0.518. The van der Waals surface area contributed by atoms with Gasteiger partial charge in [0.2, 0.25) is 0 Å². The van der Waals surface area contributed by atoms with E-state index in [0.717, 1.165) is 51.6 Å². The molecule has 0 radical (unpaired) electrons. The predicted octanol–water partition coefficient (Wildman–Crippen LogP) is 5.27. The number of unbranched alkanes of at least 4 members (excludes halogenated alkanes) is 3. The van der Waals surface area contributed by atoms with Crippen LogP contribution in [-0.2, 0) is 18.3 Å². The van der Waals surface area contributed by atoms with Crippen LogP contribution in [0.1, 0.15) is 65.7 Å². The number of hydrogen-bond donors (Lipinski definition) is 0. The van der Waals surface area contributed by atoms with Crippen LogP contribution in [0.3, 0.4) is 0 Å². The molecule has 0 rings (SSSR count). The maximum atomic E-state index is 12.7. The fourth-order valence-electron chi connectivity index (χ4n) is 1.93. The minimum absolute atomic E-state index is 0.514. The fraction of sp³-hybridized carbons (Fsp3) is 1.00. The van der Waals surface area contributed by atoms with Crippen molar-refractivity contribution in [2.45, 2.75) is 65.7 Å². The first-order chi connectivity index (χ1) is 10.1. The Bertz CT molecular complexity index is 271. The summed E-state index contributed by atoms with van der Waals surface area (Å²) >= 11 is 0. The average Bonchev–Trinajstić information content (AvgIpc) is 2.48. The first-order valence-corrected chi connectivity index (χ1v) is 10.2. The summed E-state index contributed by atoms with van der Waals surface area (Å²) in [7, 11) is -1.17. The van der Waals surface area contributed by atoms with Gasteiger partial charge in [-0.05, 0) is 31.6 Å². The molecule has 0 fully saturated rings. The lowest BCUT2D eigenvalue weighted by molar-refractivity contribution is 0.163. The molecule has 2 atom stereocenters. The van der Waals surface area contributed by atoms with E-state index in [1.54, 1.807) is 7.11 Å². The number of methoxy groups -OCH3 is 1. The smallest absolute Gasteiger partial charge is 0.330 e. The van der Waals surface area contributed by atoms with E-state index in [0.29, 0.717) is 25.3 Å². The van der Waals surface area contributed by atoms with Crippen LogP contribution in [0.2, 0.25) is 0 Å². The van der Waals surface area contributed by atoms with E-state index in [9.17, 15) is 4.57 Å². The van der Waals surface area contributed by atoms with Gasteiger partial charge in [0.25, 0.3) is 0 Å². The van der Waals surface area contributed by atoms with Crippen molar-refractivity contribution >= 4 is 7.60 Å². The predicted molar refractivity (Wildman–Crippen MR) is 89.1 cm³/mol. The van der Waals surface area contributed by atoms with E-state index in [1.807, 2.05) is 0 Å². The van der Waals surface area contributed by atoms with Crippen LogP contribution < -0.4 is 0 Å². The highest BCUT2D eigenvalue weighted by Gasteiger charge is 2.23. The van der Waals surface area contributed by atoms with Gasteiger partial charge in [-0.15, -0.1) is 0 Å². The van der Waals surface area contributed by atoms with E-state index in [1.165, 1.54) is 0 Å². The molecule has 0 aliphatic rings. The van der Waals surface area contributed by atoms with Gasteiger partial charge in [-0.25, -0.2) is 0 Å². The third-order valence-corrected chi connectivity index (χ3v) is 5.55. The van der Waals surface area contributed by atoms with E-state index >= 15 is 0 Å². The van der Waals surface area contributed by atoms with Crippen molar-refractivity contribution in [1.29, 1.82) is 0 Å². The molecule has 2 unspecified atom stereocenters. The lowest BCUT2D eigenvalue weighted by atomic mass is 10.1. The van der Waals surface area contributed by atoms with E-state index in [4.69, 9.17) is 13.8 Å². The van der Waals surface area contributed by atoms with Crippen molar-refractivity contribution in [1.82, 2.24) is 0 Å². The van der Waals surface area contributed by atoms with E-state index in [-0.39, 0.29) is 0 Å². The molecule has 0 aromatic heterocycles. The topological polar surface area (TPSA) is 44.8 Å². The van der Waals surface area contributed by atoms with Crippen molar-refractivity contribution in [2.24, 2.45) is 5.92 Å². The molecule has 21 heavy (non-hydrogen) atoms. The first kappa shape index (κ1) is 21.1. The summed E-state index contributed by atoms with van der Waals surface area (Å²) in [5.41, 5.74) is 0. The molecule has 5 heteroatoms. The normalized spacial score (nSPS) is 15.8. The standard InChI is InChI=1S/C16H35O4P/c1-5-7-9-12-19-21(17,15-8-6-2)20-14-11-16(3)10-13-18-4/h16H,5-15H2,1-4H3. The maximum Gasteiger partial charge on any atom is 0.330 e. The third kappa shape index (κ3) is 12.3. The second-order valence-electron chi connectivity index (χ2n) is 5.74. The quantitative estimate of drug-likeness (QED) is 0.304. The molecule has 0 saturated heterocycles. The molecule has 128 valence electrons. The second-order valence-corrected chi connectivity index (χ2v) is 7.92. The number of hydrogen-bond acceptors (Lipinski definition) is 4. The zero-order valence-electron chi connectivity index (χ0n) is 14.4. The van der Waals surface area contributed by atoms with Crippen LogP contribution in [0.5, 0.6) is 0 Å². The van der Waals surface area contributed by atoms with Crippen LogP contribution in [0.25, 0.3) is 0 Å². The first-order valence-electron chi connectivity index (χ1n) is 8.45. The lowest BCUT2D eigenvalue weighted by Crippen LogP contribution is -2.07. The summed E-state index contributed by atoms with van der Waals surface area (Å²) < 4.78 is 29.0. The lowest BCUT2D eigenvalue weighted by Gasteiger charge is -2.19. The van der Waals surface area contributed by atoms with Crippen molar-refractivity contribution < 1.29 is 18.3 Å². The van der Waals surface area contributed by atoms with Crippen LogP contribution in [0.15, 0.2) is 0 Å². The summed E-state index contributed by atoms with van der Waals surface area (Å²) in [5, 5.41) is 0. The van der Waals surface area contributed by atoms with Crippen molar-refractivity contribution in [3.05, 3.63) is 0 Å². The van der Waals surface area contributed by atoms with Gasteiger partial charge in [0.05, 0.1) is 19.4 Å². The minimum Gasteiger partial charge on any atom is -0.385 e. The maximum absolute atomic E-state index is 12.7. The molecule has 0 N–H and O–H groups in total. The Balaban J connectivity index is 4.05. The SMILES string of the molecule is CCCCCOP(=O)(CCCC)OCCC(C)CCOC. The largest absolute Gasteiger partial charge is 0.385 e. The van der Waals surface area contributed by atoms with Crippen molar-refractivity contribution in [3.8, 4) is 0 Å².